The van der Waals surface area contributed by atoms with E-state index in [2.05, 4.69) is 46.8 Å². The number of amides is 1. The molecule has 3 rings (SSSR count). The van der Waals surface area contributed by atoms with E-state index >= 15 is 0 Å². The van der Waals surface area contributed by atoms with E-state index in [9.17, 15) is 9.59 Å². The van der Waals surface area contributed by atoms with Gasteiger partial charge >= 0.3 is 5.97 Å². The number of nitrogens with zero attached hydrogens (tertiary/aromatic N) is 2. The van der Waals surface area contributed by atoms with Crippen molar-refractivity contribution in [1.82, 2.24) is 9.97 Å². The monoisotopic (exact) mass is 636 g/mol. The molecule has 0 aliphatic rings. The predicted molar refractivity (Wildman–Crippen MR) is 187 cm³/mol. The molecular formula is C35H48N4O5S. The number of carboxylic acid groups (broad SMARTS) is 1. The standard InChI is InChI=1S/C19H27N3O4.C14H15NOS.C2H6/c1-3-5-17(7-9-19(24)25)26-13-15(4-2)10-11-20-18-8-6-16(12-21-18)22-14-23;1-4-12-10(2)11(3)16-13(12)6-5-7-14-15-8-9-17-14;1-2/h3,6-9,12,14-15,17H,1,4-5,10-11,13H2,2H3,(H,20,21)(H,22,23)(H,24,25);4-6,8-9H,1,7H2,2-3H3;1-2H3/b9-7+;6-5-;. The van der Waals surface area contributed by atoms with Crippen LogP contribution in [0.3, 0.4) is 0 Å². The number of aromatic nitrogens is 2. The van der Waals surface area contributed by atoms with Crippen LogP contribution in [0.15, 0.2) is 71.8 Å². The van der Waals surface area contributed by atoms with Gasteiger partial charge in [0.05, 0.1) is 29.6 Å². The largest absolute Gasteiger partial charge is 0.478 e. The molecule has 9 nitrogen and oxygen atoms in total. The van der Waals surface area contributed by atoms with Gasteiger partial charge in [0.1, 0.15) is 17.3 Å². The summed E-state index contributed by atoms with van der Waals surface area (Å²) in [5, 5.41) is 17.6. The molecule has 1 amide bonds. The van der Waals surface area contributed by atoms with Gasteiger partial charge in [0, 0.05) is 36.2 Å². The lowest BCUT2D eigenvalue weighted by molar-refractivity contribution is -0.131. The summed E-state index contributed by atoms with van der Waals surface area (Å²) >= 11 is 1.66. The summed E-state index contributed by atoms with van der Waals surface area (Å²) in [5.74, 6) is 1.94. The van der Waals surface area contributed by atoms with Gasteiger partial charge in [-0.3, -0.25) is 4.79 Å². The number of aryl methyl sites for hydroxylation is 1. The Hall–Kier alpha value is -4.28. The van der Waals surface area contributed by atoms with Crippen molar-refractivity contribution >= 4 is 47.4 Å². The number of carbonyl (C=O) groups is 2. The van der Waals surface area contributed by atoms with Crippen LogP contribution >= 0.6 is 11.3 Å². The van der Waals surface area contributed by atoms with E-state index in [1.54, 1.807) is 41.8 Å². The molecule has 0 aliphatic heterocycles. The highest BCUT2D eigenvalue weighted by atomic mass is 32.1. The van der Waals surface area contributed by atoms with Crippen LogP contribution < -0.4 is 10.6 Å². The number of hydrogen-bond donors (Lipinski definition) is 3. The van der Waals surface area contributed by atoms with Crippen molar-refractivity contribution in [2.45, 2.75) is 66.4 Å². The summed E-state index contributed by atoms with van der Waals surface area (Å²) in [6.45, 7) is 18.9. The molecule has 0 aromatic carbocycles. The van der Waals surface area contributed by atoms with E-state index < -0.39 is 5.97 Å². The van der Waals surface area contributed by atoms with Crippen molar-refractivity contribution in [2.24, 2.45) is 5.92 Å². The number of hydrogen-bond acceptors (Lipinski definition) is 8. The summed E-state index contributed by atoms with van der Waals surface area (Å²) in [7, 11) is 0. The van der Waals surface area contributed by atoms with Gasteiger partial charge < -0.3 is 24.9 Å². The van der Waals surface area contributed by atoms with Gasteiger partial charge in [-0.05, 0) is 62.5 Å². The molecule has 0 saturated heterocycles. The van der Waals surface area contributed by atoms with Gasteiger partial charge in [0.25, 0.3) is 0 Å². The first-order valence-corrected chi connectivity index (χ1v) is 16.0. The highest BCUT2D eigenvalue weighted by molar-refractivity contribution is 7.09. The van der Waals surface area contributed by atoms with Crippen molar-refractivity contribution in [3.05, 3.63) is 95.0 Å². The fraction of sp³-hybridized carbons (Fsp3) is 0.371. The Kier molecular flexibility index (Phi) is 19.9. The van der Waals surface area contributed by atoms with Gasteiger partial charge in [-0.15, -0.1) is 17.9 Å². The number of aliphatic carboxylic acids is 1. The average Bonchev–Trinajstić information content (AvgIpc) is 3.66. The van der Waals surface area contributed by atoms with Crippen molar-refractivity contribution in [2.75, 3.05) is 23.8 Å². The van der Waals surface area contributed by atoms with Gasteiger partial charge in [0.2, 0.25) is 6.41 Å². The van der Waals surface area contributed by atoms with Crippen LogP contribution in [-0.4, -0.2) is 46.7 Å². The zero-order valence-corrected chi connectivity index (χ0v) is 27.9. The van der Waals surface area contributed by atoms with E-state index in [1.165, 1.54) is 0 Å². The zero-order chi connectivity index (χ0) is 33.5. The molecule has 0 radical (unpaired) electrons. The van der Waals surface area contributed by atoms with Gasteiger partial charge in [-0.2, -0.15) is 0 Å². The van der Waals surface area contributed by atoms with E-state index in [-0.39, 0.29) is 6.10 Å². The lowest BCUT2D eigenvalue weighted by Gasteiger charge is -2.19. The normalized spacial score (nSPS) is 11.9. The molecule has 3 N–H and O–H groups in total. The van der Waals surface area contributed by atoms with Gasteiger partial charge in [-0.25, -0.2) is 14.8 Å². The Bertz CT molecular complexity index is 1330. The van der Waals surface area contributed by atoms with Gasteiger partial charge in [0.15, 0.2) is 0 Å². The third-order valence-electron chi connectivity index (χ3n) is 6.53. The molecule has 3 aromatic rings. The molecular weight excluding hydrogens is 588 g/mol. The molecule has 244 valence electrons. The summed E-state index contributed by atoms with van der Waals surface area (Å²) in [6, 6.07) is 3.58. The molecule has 2 atom stereocenters. The number of carboxylic acids is 1. The molecule has 3 aromatic heterocycles. The second-order valence-electron chi connectivity index (χ2n) is 9.58. The maximum absolute atomic E-state index is 10.6. The molecule has 10 heteroatoms. The smallest absolute Gasteiger partial charge is 0.328 e. The highest BCUT2D eigenvalue weighted by Crippen LogP contribution is 2.24. The maximum atomic E-state index is 10.6. The molecule has 45 heavy (non-hydrogen) atoms. The number of rotatable bonds is 18. The molecule has 0 fully saturated rings. The Labute approximate surface area is 271 Å². The Morgan fingerprint density at radius 1 is 1.22 bits per heavy atom. The molecule has 0 aliphatic carbocycles. The van der Waals surface area contributed by atoms with E-state index in [0.29, 0.717) is 31.0 Å². The third-order valence-corrected chi connectivity index (χ3v) is 7.34. The summed E-state index contributed by atoms with van der Waals surface area (Å²) in [6.07, 6.45) is 17.3. The summed E-state index contributed by atoms with van der Waals surface area (Å²) in [4.78, 5) is 29.4. The van der Waals surface area contributed by atoms with Crippen molar-refractivity contribution in [3.8, 4) is 0 Å². The number of allylic oxidation sites excluding steroid dienone is 1. The van der Waals surface area contributed by atoms with Crippen LogP contribution in [0.5, 0.6) is 0 Å². The molecule has 0 bridgehead atoms. The number of ether oxygens (including phenoxy) is 1. The van der Waals surface area contributed by atoms with Crippen LogP contribution in [0.1, 0.15) is 67.7 Å². The van der Waals surface area contributed by atoms with E-state index in [1.807, 2.05) is 51.4 Å². The SMILES string of the molecule is C=CCC(/C=C/C(=O)O)OCC(CC)CCNc1ccc(NC=O)cn1.C=Cc1c(/C=C\Cc2nccs2)oc(C)c1C.CC. The fourth-order valence-corrected chi connectivity index (χ4v) is 4.54. The van der Waals surface area contributed by atoms with Crippen LogP contribution in [0, 0.1) is 19.8 Å². The molecule has 0 saturated carbocycles. The minimum absolute atomic E-state index is 0.273. The average molecular weight is 637 g/mol. The lowest BCUT2D eigenvalue weighted by atomic mass is 10.0. The summed E-state index contributed by atoms with van der Waals surface area (Å²) in [5.41, 5.74) is 2.89. The number of thiazole rings is 1. The van der Waals surface area contributed by atoms with Crippen molar-refractivity contribution < 1.29 is 23.8 Å². The molecule has 3 heterocycles. The lowest BCUT2D eigenvalue weighted by Crippen LogP contribution is -2.19. The molecule has 2 unspecified atom stereocenters. The number of furan rings is 1. The fourth-order valence-electron chi connectivity index (χ4n) is 3.95. The van der Waals surface area contributed by atoms with Crippen LogP contribution in [-0.2, 0) is 20.7 Å². The van der Waals surface area contributed by atoms with E-state index in [0.717, 1.165) is 65.4 Å². The Morgan fingerprint density at radius 2 is 2.00 bits per heavy atom. The Morgan fingerprint density at radius 3 is 2.58 bits per heavy atom. The van der Waals surface area contributed by atoms with E-state index in [4.69, 9.17) is 14.3 Å². The Balaban J connectivity index is 0.000000458. The highest BCUT2D eigenvalue weighted by Gasteiger charge is 2.11. The predicted octanol–water partition coefficient (Wildman–Crippen LogP) is 8.36. The first-order valence-electron chi connectivity index (χ1n) is 15.1. The molecule has 0 spiro atoms. The van der Waals surface area contributed by atoms with Crippen molar-refractivity contribution in [1.29, 1.82) is 0 Å². The number of nitrogens with one attached hydrogen (secondary N) is 2. The van der Waals surface area contributed by atoms with Gasteiger partial charge in [-0.1, -0.05) is 52.0 Å². The maximum Gasteiger partial charge on any atom is 0.328 e. The minimum Gasteiger partial charge on any atom is -0.478 e. The first-order chi connectivity index (χ1) is 21.8. The zero-order valence-electron chi connectivity index (χ0n) is 27.1. The second kappa shape index (κ2) is 23.1. The summed E-state index contributed by atoms with van der Waals surface area (Å²) < 4.78 is 11.5. The van der Waals surface area contributed by atoms with Crippen LogP contribution in [0.4, 0.5) is 11.5 Å². The minimum atomic E-state index is -0.985. The van der Waals surface area contributed by atoms with Crippen molar-refractivity contribution in [3.63, 3.8) is 0 Å². The van der Waals surface area contributed by atoms with Crippen LogP contribution in [0.2, 0.25) is 0 Å². The second-order valence-corrected chi connectivity index (χ2v) is 10.6. The number of carbonyl (C=O) groups excluding carboxylic acids is 1. The number of pyridine rings is 1. The quantitative estimate of drug-likeness (QED) is 0.0722. The third kappa shape index (κ3) is 15.3. The first kappa shape index (κ1) is 38.7. The number of anilines is 2. The topological polar surface area (TPSA) is 127 Å². The van der Waals surface area contributed by atoms with Crippen LogP contribution in [0.25, 0.3) is 12.2 Å².